The van der Waals surface area contributed by atoms with Gasteiger partial charge in [-0.3, -0.25) is 0 Å². The van der Waals surface area contributed by atoms with Crippen molar-refractivity contribution >= 4 is 0 Å². The van der Waals surface area contributed by atoms with Gasteiger partial charge in [-0.15, -0.1) is 0 Å². The lowest BCUT2D eigenvalue weighted by molar-refractivity contribution is -0.0201. The van der Waals surface area contributed by atoms with Crippen molar-refractivity contribution in [1.29, 1.82) is 0 Å². The zero-order valence-corrected chi connectivity index (χ0v) is 11.5. The van der Waals surface area contributed by atoms with E-state index in [-0.39, 0.29) is 11.7 Å². The summed E-state index contributed by atoms with van der Waals surface area (Å²) in [6.07, 6.45) is 0.601. The van der Waals surface area contributed by atoms with Crippen molar-refractivity contribution in [2.45, 2.75) is 25.9 Å². The fraction of sp³-hybridized carbons (Fsp3) is 0.571. The first kappa shape index (κ1) is 14.8. The smallest absolute Gasteiger partial charge is 0.160 e. The highest BCUT2D eigenvalue weighted by Crippen LogP contribution is 2.37. The summed E-state index contributed by atoms with van der Waals surface area (Å²) in [5, 5.41) is 23.5. The molecule has 1 rings (SSSR count). The highest BCUT2D eigenvalue weighted by atomic mass is 16.5. The molecule has 3 N–H and O–H groups in total. The van der Waals surface area contributed by atoms with E-state index in [1.165, 1.54) is 7.11 Å². The van der Waals surface area contributed by atoms with Crippen LogP contribution in [-0.4, -0.2) is 30.9 Å². The van der Waals surface area contributed by atoms with Crippen LogP contribution in [0.5, 0.6) is 11.5 Å². The van der Waals surface area contributed by atoms with Crippen molar-refractivity contribution in [2.24, 2.45) is 5.92 Å². The number of hydrogen-bond acceptors (Lipinski definition) is 4. The molecule has 0 fully saturated rings. The third-order valence-corrected chi connectivity index (χ3v) is 3.54. The molecule has 0 bridgehead atoms. The predicted octanol–water partition coefficient (Wildman–Crippen LogP) is 1.85. The van der Waals surface area contributed by atoms with Crippen molar-refractivity contribution in [2.75, 3.05) is 20.7 Å². The average molecular weight is 253 g/mol. The summed E-state index contributed by atoms with van der Waals surface area (Å²) in [5.74, 6) is 0.527. The third kappa shape index (κ3) is 2.76. The number of nitrogens with one attached hydrogen (secondary N) is 1. The summed E-state index contributed by atoms with van der Waals surface area (Å²) in [6.45, 7) is 4.67. The van der Waals surface area contributed by atoms with Gasteiger partial charge in [0.2, 0.25) is 0 Å². The maximum Gasteiger partial charge on any atom is 0.160 e. The van der Waals surface area contributed by atoms with Crippen molar-refractivity contribution in [3.8, 4) is 11.5 Å². The van der Waals surface area contributed by atoms with E-state index in [9.17, 15) is 10.2 Å². The predicted molar refractivity (Wildman–Crippen MR) is 71.9 cm³/mol. The van der Waals surface area contributed by atoms with E-state index in [1.807, 2.05) is 20.9 Å². The van der Waals surface area contributed by atoms with Crippen LogP contribution in [0.1, 0.15) is 25.8 Å². The molecule has 102 valence electrons. The molecule has 2 atom stereocenters. The van der Waals surface area contributed by atoms with Gasteiger partial charge in [0.15, 0.2) is 11.5 Å². The van der Waals surface area contributed by atoms with Crippen molar-refractivity contribution in [3.05, 3.63) is 23.8 Å². The normalized spacial score (nSPS) is 16.1. The monoisotopic (exact) mass is 253 g/mol. The molecular weight excluding hydrogens is 230 g/mol. The Morgan fingerprint density at radius 2 is 2.11 bits per heavy atom. The molecule has 0 spiro atoms. The Hall–Kier alpha value is -1.26. The number of ether oxygens (including phenoxy) is 1. The van der Waals surface area contributed by atoms with Gasteiger partial charge in [0.25, 0.3) is 0 Å². The molecule has 0 radical (unpaired) electrons. The van der Waals surface area contributed by atoms with Gasteiger partial charge in [-0.25, -0.2) is 0 Å². The number of benzene rings is 1. The van der Waals surface area contributed by atoms with Crippen LogP contribution in [0.3, 0.4) is 0 Å². The van der Waals surface area contributed by atoms with Gasteiger partial charge in [0.05, 0.1) is 12.7 Å². The van der Waals surface area contributed by atoms with Gasteiger partial charge in [0, 0.05) is 12.5 Å². The molecule has 4 nitrogen and oxygen atoms in total. The molecule has 0 aliphatic carbocycles. The van der Waals surface area contributed by atoms with Crippen LogP contribution in [0.2, 0.25) is 0 Å². The van der Waals surface area contributed by atoms with Gasteiger partial charge < -0.3 is 20.3 Å². The number of rotatable bonds is 6. The Kier molecular flexibility index (Phi) is 4.99. The third-order valence-electron chi connectivity index (χ3n) is 3.54. The van der Waals surface area contributed by atoms with Crippen LogP contribution in [0.15, 0.2) is 18.2 Å². The summed E-state index contributed by atoms with van der Waals surface area (Å²) in [4.78, 5) is 0. The molecule has 0 saturated carbocycles. The van der Waals surface area contributed by atoms with Gasteiger partial charge in [-0.2, -0.15) is 0 Å². The lowest BCUT2D eigenvalue weighted by Gasteiger charge is -2.34. The number of phenols is 1. The minimum absolute atomic E-state index is 0.0572. The van der Waals surface area contributed by atoms with E-state index in [2.05, 4.69) is 5.32 Å². The minimum Gasteiger partial charge on any atom is -0.504 e. The molecule has 4 heteroatoms. The number of phenolic OH excluding ortho intramolecular Hbond substituents is 1. The fourth-order valence-electron chi connectivity index (χ4n) is 2.26. The SMILES string of the molecule is CCC(O)(c1ccc(O)c(OC)c1)C(C)CNC. The summed E-state index contributed by atoms with van der Waals surface area (Å²) < 4.78 is 5.09. The van der Waals surface area contributed by atoms with Crippen LogP contribution >= 0.6 is 0 Å². The first-order chi connectivity index (χ1) is 8.49. The van der Waals surface area contributed by atoms with Crippen molar-refractivity contribution < 1.29 is 14.9 Å². The molecule has 0 amide bonds. The largest absolute Gasteiger partial charge is 0.504 e. The molecule has 0 aliphatic heterocycles. The van der Waals surface area contributed by atoms with Gasteiger partial charge >= 0.3 is 0 Å². The molecule has 0 saturated heterocycles. The van der Waals surface area contributed by atoms with Crippen LogP contribution < -0.4 is 10.1 Å². The van der Waals surface area contributed by atoms with E-state index in [1.54, 1.807) is 18.2 Å². The van der Waals surface area contributed by atoms with E-state index in [0.29, 0.717) is 18.7 Å². The van der Waals surface area contributed by atoms with Crippen LogP contribution in [0, 0.1) is 5.92 Å². The topological polar surface area (TPSA) is 61.7 Å². The Morgan fingerprint density at radius 3 is 2.61 bits per heavy atom. The molecule has 1 aromatic rings. The number of aliphatic hydroxyl groups is 1. The van der Waals surface area contributed by atoms with E-state index in [0.717, 1.165) is 5.56 Å². The first-order valence-corrected chi connectivity index (χ1v) is 6.24. The number of hydrogen-bond donors (Lipinski definition) is 3. The standard InChI is InChI=1S/C14H23NO3/c1-5-14(17,10(2)9-15-3)11-6-7-12(16)13(8-11)18-4/h6-8,10,15-17H,5,9H2,1-4H3. The quantitative estimate of drug-likeness (QED) is 0.724. The minimum atomic E-state index is -0.927. The zero-order valence-electron chi connectivity index (χ0n) is 11.5. The van der Waals surface area contributed by atoms with Crippen molar-refractivity contribution in [1.82, 2.24) is 5.32 Å². The number of aromatic hydroxyl groups is 1. The van der Waals surface area contributed by atoms with E-state index >= 15 is 0 Å². The summed E-state index contributed by atoms with van der Waals surface area (Å²) in [7, 11) is 3.37. The van der Waals surface area contributed by atoms with Gasteiger partial charge in [-0.05, 0) is 31.2 Å². The average Bonchev–Trinajstić information content (AvgIpc) is 2.38. The molecule has 18 heavy (non-hydrogen) atoms. The Bertz CT molecular complexity index is 395. The molecule has 2 unspecified atom stereocenters. The first-order valence-electron chi connectivity index (χ1n) is 6.24. The Morgan fingerprint density at radius 1 is 1.44 bits per heavy atom. The number of methoxy groups -OCH3 is 1. The zero-order chi connectivity index (χ0) is 13.8. The second-order valence-electron chi connectivity index (χ2n) is 4.62. The lowest BCUT2D eigenvalue weighted by Crippen LogP contribution is -2.38. The second-order valence-corrected chi connectivity index (χ2v) is 4.62. The Labute approximate surface area is 109 Å². The maximum absolute atomic E-state index is 10.8. The van der Waals surface area contributed by atoms with Crippen LogP contribution in [-0.2, 0) is 5.60 Å². The van der Waals surface area contributed by atoms with E-state index < -0.39 is 5.60 Å². The van der Waals surface area contributed by atoms with Gasteiger partial charge in [0.1, 0.15) is 0 Å². The maximum atomic E-state index is 10.8. The summed E-state index contributed by atoms with van der Waals surface area (Å²) in [5.41, 5.74) is -0.160. The Balaban J connectivity index is 3.15. The fourth-order valence-corrected chi connectivity index (χ4v) is 2.26. The highest BCUT2D eigenvalue weighted by Gasteiger charge is 2.34. The summed E-state index contributed by atoms with van der Waals surface area (Å²) in [6, 6.07) is 5.00. The molecule has 1 aromatic carbocycles. The van der Waals surface area contributed by atoms with Crippen LogP contribution in [0.4, 0.5) is 0 Å². The molecule has 0 aliphatic rings. The summed E-state index contributed by atoms with van der Waals surface area (Å²) >= 11 is 0. The lowest BCUT2D eigenvalue weighted by atomic mass is 9.80. The van der Waals surface area contributed by atoms with Gasteiger partial charge in [-0.1, -0.05) is 19.9 Å². The van der Waals surface area contributed by atoms with E-state index in [4.69, 9.17) is 4.74 Å². The second kappa shape index (κ2) is 6.07. The molecule has 0 aromatic heterocycles. The van der Waals surface area contributed by atoms with Crippen molar-refractivity contribution in [3.63, 3.8) is 0 Å². The molecule has 0 heterocycles. The van der Waals surface area contributed by atoms with Crippen LogP contribution in [0.25, 0.3) is 0 Å². The highest BCUT2D eigenvalue weighted by molar-refractivity contribution is 5.43. The molecular formula is C14H23NO3.